The molecule has 0 unspecified atom stereocenters. The summed E-state index contributed by atoms with van der Waals surface area (Å²) in [6.45, 7) is 0. The molecule has 0 amide bonds. The van der Waals surface area contributed by atoms with Crippen LogP contribution in [0.4, 0.5) is 17.1 Å². The largest absolute Gasteiger partial charge is 0.399 e. The van der Waals surface area contributed by atoms with Crippen LogP contribution in [0.5, 0.6) is 0 Å². The highest BCUT2D eigenvalue weighted by Gasteiger charge is 1.99. The van der Waals surface area contributed by atoms with Crippen LogP contribution in [0.15, 0.2) is 42.5 Å². The average Bonchev–Trinajstić information content (AvgIpc) is 2.23. The van der Waals surface area contributed by atoms with Crippen molar-refractivity contribution >= 4 is 66.7 Å². The van der Waals surface area contributed by atoms with Gasteiger partial charge in [-0.1, -0.05) is 18.2 Å². The number of halogens is 4. The van der Waals surface area contributed by atoms with Crippen LogP contribution < -0.4 is 17.2 Å². The van der Waals surface area contributed by atoms with Gasteiger partial charge in [-0.3, -0.25) is 0 Å². The molecule has 0 bridgehead atoms. The molecule has 2 rings (SSSR count). The highest BCUT2D eigenvalue weighted by Crippen LogP contribution is 2.25. The molecule has 0 aliphatic carbocycles. The summed E-state index contributed by atoms with van der Waals surface area (Å²) >= 11 is 0. The molecular weight excluding hydrogens is 328 g/mol. The highest BCUT2D eigenvalue weighted by molar-refractivity contribution is 5.86. The van der Waals surface area contributed by atoms with E-state index in [1.165, 1.54) is 0 Å². The van der Waals surface area contributed by atoms with Crippen LogP contribution in [-0.4, -0.2) is 0 Å². The first-order chi connectivity index (χ1) is 7.16. The molecule has 0 heterocycles. The first kappa shape index (κ1) is 23.1. The third-order valence-corrected chi connectivity index (χ3v) is 2.33. The van der Waals surface area contributed by atoms with Gasteiger partial charge in [-0.25, -0.2) is 0 Å². The van der Waals surface area contributed by atoms with Crippen molar-refractivity contribution in [3.05, 3.63) is 42.5 Å². The fraction of sp³-hybridized carbons (Fsp3) is 0. The Balaban J connectivity index is -0.000000640. The minimum Gasteiger partial charge on any atom is -0.399 e. The van der Waals surface area contributed by atoms with E-state index in [1.54, 1.807) is 6.07 Å². The summed E-state index contributed by atoms with van der Waals surface area (Å²) in [6, 6.07) is 13.3. The summed E-state index contributed by atoms with van der Waals surface area (Å²) < 4.78 is 0. The number of hydrogen-bond donors (Lipinski definition) is 3. The fourth-order valence-electron chi connectivity index (χ4n) is 1.43. The van der Waals surface area contributed by atoms with Gasteiger partial charge in [-0.2, -0.15) is 0 Å². The highest BCUT2D eigenvalue weighted by atomic mass is 35.5. The van der Waals surface area contributed by atoms with Crippen LogP contribution in [0.3, 0.4) is 0 Å². The van der Waals surface area contributed by atoms with Crippen LogP contribution in [-0.2, 0) is 0 Å². The van der Waals surface area contributed by atoms with Gasteiger partial charge in [-0.15, -0.1) is 49.6 Å². The summed E-state index contributed by atoms with van der Waals surface area (Å²) in [7, 11) is 0. The van der Waals surface area contributed by atoms with E-state index in [0.717, 1.165) is 16.8 Å². The van der Waals surface area contributed by atoms with E-state index >= 15 is 0 Å². The monoisotopic (exact) mass is 343 g/mol. The van der Waals surface area contributed by atoms with E-state index in [1.807, 2.05) is 36.4 Å². The third-order valence-electron chi connectivity index (χ3n) is 2.33. The number of nitrogens with two attached hydrogens (primary N) is 3. The molecule has 0 fully saturated rings. The van der Waals surface area contributed by atoms with Crippen molar-refractivity contribution in [3.63, 3.8) is 0 Å². The topological polar surface area (TPSA) is 78.1 Å². The van der Waals surface area contributed by atoms with Crippen LogP contribution in [0.1, 0.15) is 0 Å². The summed E-state index contributed by atoms with van der Waals surface area (Å²) in [6.07, 6.45) is 0. The standard InChI is InChI=1S/C12H13N3.4ClH/c13-10-4-1-8(2-5-10)9-3-6-11(14)12(15)7-9;;;;/h1-7H,13-15H2;4*1H. The Morgan fingerprint density at radius 3 is 1.47 bits per heavy atom. The van der Waals surface area contributed by atoms with Crippen LogP contribution in [0.25, 0.3) is 11.1 Å². The molecule has 19 heavy (non-hydrogen) atoms. The molecule has 7 heteroatoms. The van der Waals surface area contributed by atoms with Crippen LogP contribution in [0, 0.1) is 0 Å². The van der Waals surface area contributed by atoms with Gasteiger partial charge >= 0.3 is 0 Å². The number of benzene rings is 2. The normalized spacial score (nSPS) is 8.00. The summed E-state index contributed by atoms with van der Waals surface area (Å²) in [5.74, 6) is 0. The van der Waals surface area contributed by atoms with Crippen molar-refractivity contribution < 1.29 is 0 Å². The van der Waals surface area contributed by atoms with E-state index in [2.05, 4.69) is 0 Å². The SMILES string of the molecule is Cl.Cl.Cl.Cl.Nc1ccc(-c2ccc(N)c(N)c2)cc1. The zero-order valence-corrected chi connectivity index (χ0v) is 13.2. The maximum absolute atomic E-state index is 5.74. The second kappa shape index (κ2) is 9.87. The van der Waals surface area contributed by atoms with E-state index in [0.29, 0.717) is 11.4 Å². The Bertz CT molecular complexity index is 489. The van der Waals surface area contributed by atoms with Crippen molar-refractivity contribution in [2.24, 2.45) is 0 Å². The molecule has 2 aromatic rings. The summed E-state index contributed by atoms with van der Waals surface area (Å²) in [4.78, 5) is 0. The molecular formula is C12H17Cl4N3. The second-order valence-electron chi connectivity index (χ2n) is 3.47. The molecule has 0 saturated carbocycles. The zero-order chi connectivity index (χ0) is 10.8. The smallest absolute Gasteiger partial charge is 0.0554 e. The quantitative estimate of drug-likeness (QED) is 0.688. The number of anilines is 3. The molecule has 0 spiro atoms. The predicted molar refractivity (Wildman–Crippen MR) is 94.1 cm³/mol. The molecule has 0 aliphatic rings. The number of rotatable bonds is 1. The van der Waals surface area contributed by atoms with Gasteiger partial charge in [0, 0.05) is 5.69 Å². The van der Waals surface area contributed by atoms with E-state index < -0.39 is 0 Å². The Kier molecular flexibility index (Phi) is 12.0. The fourth-order valence-corrected chi connectivity index (χ4v) is 1.43. The first-order valence-corrected chi connectivity index (χ1v) is 4.68. The Hall–Kier alpha value is -1.00. The second-order valence-corrected chi connectivity index (χ2v) is 3.47. The van der Waals surface area contributed by atoms with E-state index in [9.17, 15) is 0 Å². The number of hydrogen-bond acceptors (Lipinski definition) is 3. The molecule has 0 saturated heterocycles. The Morgan fingerprint density at radius 2 is 1.00 bits per heavy atom. The van der Waals surface area contributed by atoms with Crippen molar-refractivity contribution in [2.45, 2.75) is 0 Å². The number of nitrogen functional groups attached to an aromatic ring is 3. The summed E-state index contributed by atoms with van der Waals surface area (Å²) in [5, 5.41) is 0. The molecule has 6 N–H and O–H groups in total. The lowest BCUT2D eigenvalue weighted by atomic mass is 10.0. The maximum atomic E-state index is 5.74. The minimum atomic E-state index is 0. The molecule has 108 valence electrons. The van der Waals surface area contributed by atoms with Gasteiger partial charge in [0.25, 0.3) is 0 Å². The molecule has 0 atom stereocenters. The Morgan fingerprint density at radius 1 is 0.526 bits per heavy atom. The van der Waals surface area contributed by atoms with Crippen molar-refractivity contribution in [1.82, 2.24) is 0 Å². The average molecular weight is 345 g/mol. The predicted octanol–water partition coefficient (Wildman–Crippen LogP) is 3.79. The van der Waals surface area contributed by atoms with Crippen molar-refractivity contribution in [2.75, 3.05) is 17.2 Å². The maximum Gasteiger partial charge on any atom is 0.0554 e. The van der Waals surface area contributed by atoms with Gasteiger partial charge < -0.3 is 17.2 Å². The zero-order valence-electron chi connectivity index (χ0n) is 9.91. The first-order valence-electron chi connectivity index (χ1n) is 4.68. The summed E-state index contributed by atoms with van der Waals surface area (Å²) in [5.41, 5.74) is 21.1. The molecule has 0 aliphatic heterocycles. The third kappa shape index (κ3) is 5.66. The lowest BCUT2D eigenvalue weighted by molar-refractivity contribution is 1.60. The van der Waals surface area contributed by atoms with Gasteiger partial charge in [-0.05, 0) is 35.4 Å². The van der Waals surface area contributed by atoms with Crippen molar-refractivity contribution in [1.29, 1.82) is 0 Å². The van der Waals surface area contributed by atoms with Crippen molar-refractivity contribution in [3.8, 4) is 11.1 Å². The van der Waals surface area contributed by atoms with Gasteiger partial charge in [0.15, 0.2) is 0 Å². The lowest BCUT2D eigenvalue weighted by Gasteiger charge is -2.05. The molecule has 0 radical (unpaired) electrons. The molecule has 2 aromatic carbocycles. The lowest BCUT2D eigenvalue weighted by Crippen LogP contribution is -1.94. The van der Waals surface area contributed by atoms with E-state index in [-0.39, 0.29) is 49.6 Å². The molecule has 0 aromatic heterocycles. The van der Waals surface area contributed by atoms with Gasteiger partial charge in [0.2, 0.25) is 0 Å². The van der Waals surface area contributed by atoms with Crippen LogP contribution in [0.2, 0.25) is 0 Å². The van der Waals surface area contributed by atoms with Crippen LogP contribution >= 0.6 is 49.6 Å². The van der Waals surface area contributed by atoms with E-state index in [4.69, 9.17) is 17.2 Å². The van der Waals surface area contributed by atoms with Gasteiger partial charge in [0.05, 0.1) is 11.4 Å². The Labute approximate surface area is 137 Å². The molecule has 3 nitrogen and oxygen atoms in total. The minimum absolute atomic E-state index is 0. The van der Waals surface area contributed by atoms with Gasteiger partial charge in [0.1, 0.15) is 0 Å².